The Kier molecular flexibility index (Phi) is 421. The molecule has 0 saturated carbocycles. The molecule has 0 fully saturated rings. The minimum absolute atomic E-state index is 0. The van der Waals surface area contributed by atoms with Crippen molar-refractivity contribution in [2.75, 3.05) is 20.4 Å². The van der Waals surface area contributed by atoms with Gasteiger partial charge in [-0.2, -0.15) is 26.2 Å². The summed E-state index contributed by atoms with van der Waals surface area (Å²) < 4.78 is 0. The van der Waals surface area contributed by atoms with Gasteiger partial charge < -0.3 is 70.2 Å². The first kappa shape index (κ1) is 93.9. The van der Waals surface area contributed by atoms with Crippen LogP contribution < -0.4 is 21.3 Å². The van der Waals surface area contributed by atoms with E-state index in [4.69, 9.17) is 4.79 Å². The Labute approximate surface area is 343 Å². The van der Waals surface area contributed by atoms with E-state index in [1.807, 2.05) is 0 Å². The topological polar surface area (TPSA) is 116 Å². The molecule has 27 heavy (non-hydrogen) atoms. The molecular weight excluding hydrogens is 886 g/mol. The van der Waals surface area contributed by atoms with Crippen molar-refractivity contribution >= 4 is 25.5 Å². The van der Waals surface area contributed by atoms with Crippen molar-refractivity contribution < 1.29 is 248 Å². The Morgan fingerprint density at radius 1 is 0.556 bits per heavy atom. The molecule has 0 unspecified atom stereocenters. The van der Waals surface area contributed by atoms with E-state index in [-0.39, 0.29) is 265 Å². The van der Waals surface area contributed by atoms with Crippen molar-refractivity contribution in [1.29, 1.82) is 0 Å². The largest absolute Gasteiger partial charge is 0.542 e. The second kappa shape index (κ2) is 121. The second-order valence-corrected chi connectivity index (χ2v) is 1.75. The van der Waals surface area contributed by atoms with Crippen molar-refractivity contribution in [3.05, 3.63) is 29.7 Å². The van der Waals surface area contributed by atoms with Gasteiger partial charge in [0.15, 0.2) is 0 Å². The van der Waals surface area contributed by atoms with Crippen LogP contribution in [0.25, 0.3) is 0 Å². The summed E-state index contributed by atoms with van der Waals surface area (Å²) in [5.74, 6) is 0. The Bertz CT molecular complexity index is 184. The predicted octanol–water partition coefficient (Wildman–Crippen LogP) is -1.02. The first-order valence-electron chi connectivity index (χ1n) is 3.98. The molecular formula is C12H26N4O4Y7-8. The molecule has 147 valence electrons. The summed E-state index contributed by atoms with van der Waals surface area (Å²) in [5.41, 5.74) is 0. The van der Waals surface area contributed by atoms with Gasteiger partial charge in [0.05, 0.1) is 0 Å². The van der Waals surface area contributed by atoms with Crippen molar-refractivity contribution in [3.63, 3.8) is 0 Å². The molecule has 4 N–H and O–H groups in total. The molecule has 15 heteroatoms. The van der Waals surface area contributed by atoms with Crippen LogP contribution in [0.15, 0.2) is 0 Å². The van der Waals surface area contributed by atoms with Gasteiger partial charge in [0, 0.05) is 242 Å². The van der Waals surface area contributed by atoms with E-state index >= 15 is 0 Å². The van der Waals surface area contributed by atoms with Gasteiger partial charge in [-0.15, -0.1) is 0 Å². The van der Waals surface area contributed by atoms with Gasteiger partial charge in [-0.25, -0.2) is 0 Å². The Morgan fingerprint density at radius 3 is 0.852 bits per heavy atom. The van der Waals surface area contributed by atoms with Crippen LogP contribution in [-0.2, 0) is 248 Å². The molecule has 0 aliphatic carbocycles. The van der Waals surface area contributed by atoms with Crippen LogP contribution in [0.4, 0.5) is 0 Å². The number of hydrogen-bond donors (Lipinski definition) is 4. The summed E-state index contributed by atoms with van der Waals surface area (Å²) >= 11 is 0. The first-order valence-corrected chi connectivity index (χ1v) is 3.98. The molecule has 0 aromatic rings. The zero-order valence-electron chi connectivity index (χ0n) is 17.1. The van der Waals surface area contributed by atoms with Crippen LogP contribution in [0.5, 0.6) is 0 Å². The van der Waals surface area contributed by atoms with E-state index in [0.717, 1.165) is 0 Å². The number of carbonyl (C=O) groups excluding carboxylic acids is 4. The molecule has 0 aliphatic rings. The third kappa shape index (κ3) is 173. The summed E-state index contributed by atoms with van der Waals surface area (Å²) in [4.78, 5) is 36.5. The fraction of sp³-hybridized carbons (Fsp3) is 0.333. The minimum Gasteiger partial charge on any atom is -0.542 e. The fourth-order valence-electron chi connectivity index (χ4n) is 0.241. The molecule has 8 nitrogen and oxygen atoms in total. The number of amides is 3. The van der Waals surface area contributed by atoms with E-state index in [0.29, 0.717) is 6.67 Å². The molecule has 7 radical (unpaired) electrons. The molecule has 0 aromatic carbocycles. The van der Waals surface area contributed by atoms with E-state index in [1.54, 1.807) is 7.05 Å². The third-order valence-electron chi connectivity index (χ3n) is 0.658. The summed E-state index contributed by atoms with van der Waals surface area (Å²) in [6.07, 6.45) is 5.73. The molecule has 0 aromatic heterocycles. The standard InChI is InChI=1S/C3H4N2O2.C3H7N2O.C2H3O.4CH3.7Y/c6-2-4-1-5-3-7;1-4-2-5-3-6;1-2-3;;;;;;;;;;;/h1H2,(H,4,6)(H,5,7);4H,2H2,1H3,(H,5,6);1H3;4*1H3;;;;;;;/q-2;6*-1;;;;;;;. The summed E-state index contributed by atoms with van der Waals surface area (Å²) in [7, 11) is 1.74. The van der Waals surface area contributed by atoms with E-state index in [1.165, 1.54) is 32.4 Å². The zero-order chi connectivity index (χ0) is 13.1. The maximum atomic E-state index is 9.29. The van der Waals surface area contributed by atoms with Crippen LogP contribution in [0.1, 0.15) is 6.92 Å². The van der Waals surface area contributed by atoms with Crippen LogP contribution in [0, 0.1) is 29.7 Å². The second-order valence-electron chi connectivity index (χ2n) is 1.75. The van der Waals surface area contributed by atoms with Crippen molar-refractivity contribution in [3.8, 4) is 0 Å². The van der Waals surface area contributed by atoms with E-state index < -0.39 is 0 Å². The number of nitrogens with one attached hydrogen (secondary N) is 4. The SMILES string of the molecule is CNCN[C-]=O.C[C-]=O.O=[C-]NCN[C-]=O.[CH3-].[CH3-].[CH3-].[CH3-].[Y].[Y].[Y].[Y].[Y].[Y].[Y]. The average molecular weight is 913 g/mol. The quantitative estimate of drug-likeness (QED) is 0.113. The zero-order valence-corrected chi connectivity index (χ0v) is 37.0. The van der Waals surface area contributed by atoms with Gasteiger partial charge in [0.25, 0.3) is 0 Å². The summed E-state index contributed by atoms with van der Waals surface area (Å²) in [5, 5.41) is 9.12. The normalized spacial score (nSPS) is 3.93. The van der Waals surface area contributed by atoms with Crippen molar-refractivity contribution in [1.82, 2.24) is 21.3 Å². The van der Waals surface area contributed by atoms with Crippen LogP contribution >= 0.6 is 0 Å². The van der Waals surface area contributed by atoms with Gasteiger partial charge in [-0.3, -0.25) is 6.29 Å². The maximum Gasteiger partial charge on any atom is 0.0369 e. The summed E-state index contributed by atoms with van der Waals surface area (Å²) in [6.45, 7) is 1.90. The smallest absolute Gasteiger partial charge is 0.0369 e. The number of hydrogen-bond acceptors (Lipinski definition) is 5. The molecule has 0 aliphatic heterocycles. The van der Waals surface area contributed by atoms with E-state index in [2.05, 4.69) is 21.3 Å². The Hall–Kier alpha value is 5.77. The van der Waals surface area contributed by atoms with Crippen LogP contribution in [0.2, 0.25) is 0 Å². The average Bonchev–Trinajstić information content (AvgIpc) is 2.29. The van der Waals surface area contributed by atoms with E-state index in [9.17, 15) is 14.4 Å². The minimum atomic E-state index is 0. The van der Waals surface area contributed by atoms with Crippen molar-refractivity contribution in [2.45, 2.75) is 6.92 Å². The van der Waals surface area contributed by atoms with Gasteiger partial charge in [-0.1, -0.05) is 0 Å². The van der Waals surface area contributed by atoms with Crippen LogP contribution in [0.3, 0.4) is 0 Å². The van der Waals surface area contributed by atoms with Crippen LogP contribution in [-0.4, -0.2) is 45.9 Å². The van der Waals surface area contributed by atoms with Gasteiger partial charge in [-0.05, 0) is 7.05 Å². The van der Waals surface area contributed by atoms with Gasteiger partial charge in [0.2, 0.25) is 0 Å². The fourth-order valence-corrected chi connectivity index (χ4v) is 0.241. The summed E-state index contributed by atoms with van der Waals surface area (Å²) in [6, 6.07) is 0. The Balaban J connectivity index is -0.00000000673. The molecule has 0 saturated heterocycles. The molecule has 0 spiro atoms. The molecule has 0 atom stereocenters. The monoisotopic (exact) mass is 913 g/mol. The molecule has 0 heterocycles. The first-order chi connectivity index (χ1) is 7.74. The molecule has 0 bridgehead atoms. The molecule has 3 amide bonds. The number of rotatable bonds is 7. The van der Waals surface area contributed by atoms with Gasteiger partial charge in [0.1, 0.15) is 0 Å². The van der Waals surface area contributed by atoms with Crippen molar-refractivity contribution in [2.24, 2.45) is 0 Å². The maximum absolute atomic E-state index is 9.29. The third-order valence-corrected chi connectivity index (χ3v) is 0.658. The molecule has 0 rings (SSSR count). The predicted molar refractivity (Wildman–Crippen MR) is 82.3 cm³/mol. The Morgan fingerprint density at radius 2 is 0.741 bits per heavy atom. The van der Waals surface area contributed by atoms with Gasteiger partial charge >= 0.3 is 0 Å².